The van der Waals surface area contributed by atoms with Crippen molar-refractivity contribution < 1.29 is 9.53 Å². The third kappa shape index (κ3) is 2.20. The van der Waals surface area contributed by atoms with E-state index in [0.29, 0.717) is 12.4 Å². The number of nitrogens with two attached hydrogens (primary N) is 1. The van der Waals surface area contributed by atoms with Crippen LogP contribution in [0.15, 0.2) is 25.0 Å². The zero-order valence-corrected chi connectivity index (χ0v) is 10.3. The van der Waals surface area contributed by atoms with Crippen molar-refractivity contribution in [3.63, 3.8) is 0 Å². The van der Waals surface area contributed by atoms with Crippen LogP contribution in [0.2, 0.25) is 0 Å². The number of imidazole rings is 2. The zero-order chi connectivity index (χ0) is 13.1. The van der Waals surface area contributed by atoms with Gasteiger partial charge >= 0.3 is 5.97 Å². The minimum Gasteiger partial charge on any atom is -0.464 e. The van der Waals surface area contributed by atoms with Gasteiger partial charge in [-0.3, -0.25) is 0 Å². The van der Waals surface area contributed by atoms with Crippen molar-refractivity contribution in [3.05, 3.63) is 30.7 Å². The average molecular weight is 249 g/mol. The Morgan fingerprint density at radius 1 is 1.56 bits per heavy atom. The fraction of sp³-hybridized carbons (Fsp3) is 0.364. The summed E-state index contributed by atoms with van der Waals surface area (Å²) in [7, 11) is 1.30. The maximum Gasteiger partial charge on any atom is 0.360 e. The summed E-state index contributed by atoms with van der Waals surface area (Å²) in [4.78, 5) is 19.3. The minimum atomic E-state index is -0.527. The Morgan fingerprint density at radius 3 is 2.94 bits per heavy atom. The second-order valence-corrected chi connectivity index (χ2v) is 3.99. The first-order valence-electron chi connectivity index (χ1n) is 5.49. The highest BCUT2D eigenvalue weighted by Gasteiger charge is 2.18. The van der Waals surface area contributed by atoms with Crippen molar-refractivity contribution >= 4 is 11.8 Å². The number of carbonyl (C=O) groups is 1. The predicted molar refractivity (Wildman–Crippen MR) is 64.9 cm³/mol. The first-order valence-corrected chi connectivity index (χ1v) is 5.49. The number of ether oxygens (including phenoxy) is 1. The maximum absolute atomic E-state index is 11.4. The number of hydrogen-bond donors (Lipinski definition) is 1. The molecule has 0 radical (unpaired) electrons. The van der Waals surface area contributed by atoms with Gasteiger partial charge < -0.3 is 19.6 Å². The summed E-state index contributed by atoms with van der Waals surface area (Å²) >= 11 is 0. The molecule has 2 N–H and O–H groups in total. The van der Waals surface area contributed by atoms with E-state index in [-0.39, 0.29) is 11.7 Å². The van der Waals surface area contributed by atoms with E-state index in [1.54, 1.807) is 23.4 Å². The number of carbonyl (C=O) groups excluding carboxylic acids is 1. The van der Waals surface area contributed by atoms with E-state index in [9.17, 15) is 4.79 Å². The largest absolute Gasteiger partial charge is 0.464 e. The molecule has 1 unspecified atom stereocenters. The van der Waals surface area contributed by atoms with E-state index in [0.717, 1.165) is 0 Å². The van der Waals surface area contributed by atoms with Crippen LogP contribution in [0.25, 0.3) is 0 Å². The number of aromatic nitrogens is 4. The van der Waals surface area contributed by atoms with Crippen molar-refractivity contribution in [3.8, 4) is 0 Å². The summed E-state index contributed by atoms with van der Waals surface area (Å²) in [6, 6.07) is 0.0603. The zero-order valence-electron chi connectivity index (χ0n) is 10.3. The molecule has 0 aliphatic rings. The van der Waals surface area contributed by atoms with Gasteiger partial charge in [0, 0.05) is 18.9 Å². The number of nitrogen functional groups attached to an aromatic ring is 1. The van der Waals surface area contributed by atoms with Gasteiger partial charge in [0.05, 0.1) is 25.8 Å². The summed E-state index contributed by atoms with van der Waals surface area (Å²) in [5.41, 5.74) is 6.03. The normalized spacial score (nSPS) is 12.3. The molecule has 0 bridgehead atoms. The molecule has 2 heterocycles. The van der Waals surface area contributed by atoms with Gasteiger partial charge in [0.2, 0.25) is 0 Å². The molecule has 0 aliphatic heterocycles. The monoisotopic (exact) mass is 249 g/mol. The van der Waals surface area contributed by atoms with Gasteiger partial charge in [-0.15, -0.1) is 0 Å². The molecule has 0 aliphatic carbocycles. The molecule has 0 saturated carbocycles. The third-order valence-electron chi connectivity index (χ3n) is 2.72. The lowest BCUT2D eigenvalue weighted by molar-refractivity contribution is 0.0596. The molecule has 7 nitrogen and oxygen atoms in total. The lowest BCUT2D eigenvalue weighted by Crippen LogP contribution is -2.15. The van der Waals surface area contributed by atoms with Crippen molar-refractivity contribution in [2.75, 3.05) is 12.8 Å². The second-order valence-electron chi connectivity index (χ2n) is 3.99. The summed E-state index contributed by atoms with van der Waals surface area (Å²) in [5, 5.41) is 0. The molecule has 0 fully saturated rings. The van der Waals surface area contributed by atoms with Crippen LogP contribution in [0.3, 0.4) is 0 Å². The molecular formula is C11H15N5O2. The second kappa shape index (κ2) is 4.91. The van der Waals surface area contributed by atoms with Gasteiger partial charge in [-0.05, 0) is 6.92 Å². The van der Waals surface area contributed by atoms with E-state index < -0.39 is 5.97 Å². The van der Waals surface area contributed by atoms with Crippen LogP contribution in [-0.2, 0) is 11.3 Å². The fourth-order valence-corrected chi connectivity index (χ4v) is 1.76. The van der Waals surface area contributed by atoms with Crippen LogP contribution in [0, 0.1) is 0 Å². The van der Waals surface area contributed by atoms with Crippen molar-refractivity contribution in [2.45, 2.75) is 19.5 Å². The third-order valence-corrected chi connectivity index (χ3v) is 2.72. The summed E-state index contributed by atoms with van der Waals surface area (Å²) in [6.45, 7) is 2.68. The molecular weight excluding hydrogens is 234 g/mol. The fourth-order valence-electron chi connectivity index (χ4n) is 1.76. The van der Waals surface area contributed by atoms with E-state index in [1.807, 2.05) is 17.7 Å². The lowest BCUT2D eigenvalue weighted by atomic mass is 10.3. The van der Waals surface area contributed by atoms with E-state index in [4.69, 9.17) is 5.73 Å². The van der Waals surface area contributed by atoms with Crippen LogP contribution in [-0.4, -0.2) is 32.2 Å². The molecule has 7 heteroatoms. The molecule has 18 heavy (non-hydrogen) atoms. The van der Waals surface area contributed by atoms with Crippen molar-refractivity contribution in [1.29, 1.82) is 0 Å². The van der Waals surface area contributed by atoms with E-state index in [2.05, 4.69) is 14.7 Å². The first kappa shape index (κ1) is 12.2. The van der Waals surface area contributed by atoms with Crippen molar-refractivity contribution in [1.82, 2.24) is 19.1 Å². The SMILES string of the molecule is COC(=O)c1ncn(C(C)Cn2ccnc2)c1N. The van der Waals surface area contributed by atoms with Crippen molar-refractivity contribution in [2.24, 2.45) is 0 Å². The predicted octanol–water partition coefficient (Wildman–Crippen LogP) is 0.710. The van der Waals surface area contributed by atoms with Crippen LogP contribution in [0.5, 0.6) is 0 Å². The van der Waals surface area contributed by atoms with Gasteiger partial charge in [-0.1, -0.05) is 0 Å². The standard InChI is InChI=1S/C11H15N5O2/c1-8(5-15-4-3-13-6-15)16-7-14-9(10(16)12)11(17)18-2/h3-4,6-8H,5,12H2,1-2H3. The lowest BCUT2D eigenvalue weighted by Gasteiger charge is -2.15. The molecule has 2 aromatic heterocycles. The van der Waals surface area contributed by atoms with Crippen LogP contribution >= 0.6 is 0 Å². The quantitative estimate of drug-likeness (QED) is 0.806. The van der Waals surface area contributed by atoms with Gasteiger partial charge in [0.15, 0.2) is 5.69 Å². The van der Waals surface area contributed by atoms with E-state index in [1.165, 1.54) is 7.11 Å². The minimum absolute atomic E-state index is 0.0603. The number of methoxy groups -OCH3 is 1. The summed E-state index contributed by atoms with van der Waals surface area (Å²) in [6.07, 6.45) is 6.85. The van der Waals surface area contributed by atoms with Gasteiger partial charge in [0.1, 0.15) is 5.82 Å². The first-order chi connectivity index (χ1) is 8.63. The summed E-state index contributed by atoms with van der Waals surface area (Å²) < 4.78 is 8.28. The van der Waals surface area contributed by atoms with Gasteiger partial charge in [0.25, 0.3) is 0 Å². The van der Waals surface area contributed by atoms with Crippen LogP contribution in [0.1, 0.15) is 23.5 Å². The summed E-state index contributed by atoms with van der Waals surface area (Å²) in [5.74, 6) is -0.212. The molecule has 1 atom stereocenters. The highest BCUT2D eigenvalue weighted by molar-refractivity contribution is 5.92. The Hall–Kier alpha value is -2.31. The maximum atomic E-state index is 11.4. The Labute approximate surface area is 104 Å². The molecule has 2 rings (SSSR count). The Kier molecular flexibility index (Phi) is 3.31. The Morgan fingerprint density at radius 2 is 2.33 bits per heavy atom. The number of rotatable bonds is 4. The highest BCUT2D eigenvalue weighted by atomic mass is 16.5. The molecule has 0 aromatic carbocycles. The van der Waals surface area contributed by atoms with E-state index >= 15 is 0 Å². The molecule has 0 spiro atoms. The molecule has 0 amide bonds. The van der Waals surface area contributed by atoms with Gasteiger partial charge in [-0.2, -0.15) is 0 Å². The Balaban J connectivity index is 2.18. The number of esters is 1. The van der Waals surface area contributed by atoms with Crippen LogP contribution in [0.4, 0.5) is 5.82 Å². The Bertz CT molecular complexity index is 532. The molecule has 2 aromatic rings. The topological polar surface area (TPSA) is 88.0 Å². The highest BCUT2D eigenvalue weighted by Crippen LogP contribution is 2.18. The number of anilines is 1. The number of nitrogens with zero attached hydrogens (tertiary/aromatic N) is 4. The number of hydrogen-bond acceptors (Lipinski definition) is 5. The molecule has 0 saturated heterocycles. The van der Waals surface area contributed by atoms with Gasteiger partial charge in [-0.25, -0.2) is 14.8 Å². The smallest absolute Gasteiger partial charge is 0.360 e. The van der Waals surface area contributed by atoms with Crippen LogP contribution < -0.4 is 5.73 Å². The molecule has 96 valence electrons. The average Bonchev–Trinajstić information content (AvgIpc) is 2.97.